The maximum atomic E-state index is 14.1. The summed E-state index contributed by atoms with van der Waals surface area (Å²) < 4.78 is 14.8. The molecule has 20 heavy (non-hydrogen) atoms. The number of aromatic nitrogens is 1. The molecule has 2 N–H and O–H groups in total. The molecule has 3 nitrogen and oxygen atoms in total. The average Bonchev–Trinajstić information content (AvgIpc) is 2.43. The predicted octanol–water partition coefficient (Wildman–Crippen LogP) is 3.12. The number of hydrogen-bond donors (Lipinski definition) is 1. The van der Waals surface area contributed by atoms with Crippen LogP contribution in [0.5, 0.6) is 0 Å². The summed E-state index contributed by atoms with van der Waals surface area (Å²) in [5.41, 5.74) is 7.58. The van der Waals surface area contributed by atoms with Crippen LogP contribution in [0.1, 0.15) is 17.2 Å². The number of nitrogens with zero attached hydrogens (tertiary/aromatic N) is 2. The first-order valence-corrected chi connectivity index (χ1v) is 7.15. The summed E-state index contributed by atoms with van der Waals surface area (Å²) in [6.45, 7) is 1.06. The van der Waals surface area contributed by atoms with Gasteiger partial charge in [0, 0.05) is 41.6 Å². The number of halogens is 2. The lowest BCUT2D eigenvalue weighted by Gasteiger charge is -2.27. The Bertz CT molecular complexity index is 562. The molecule has 0 bridgehead atoms. The Morgan fingerprint density at radius 1 is 1.30 bits per heavy atom. The van der Waals surface area contributed by atoms with Crippen molar-refractivity contribution in [2.45, 2.75) is 12.6 Å². The first kappa shape index (κ1) is 15.1. The Kier molecular flexibility index (Phi) is 5.23. The molecule has 106 valence electrons. The summed E-state index contributed by atoms with van der Waals surface area (Å²) in [6.07, 6.45) is 3.50. The normalized spacial score (nSPS) is 12.7. The van der Waals surface area contributed by atoms with E-state index >= 15 is 0 Å². The smallest absolute Gasteiger partial charge is 0.129 e. The summed E-state index contributed by atoms with van der Waals surface area (Å²) in [7, 11) is 1.94. The van der Waals surface area contributed by atoms with Gasteiger partial charge in [0.15, 0.2) is 0 Å². The van der Waals surface area contributed by atoms with Crippen LogP contribution in [0.2, 0.25) is 0 Å². The van der Waals surface area contributed by atoms with Crippen molar-refractivity contribution in [3.63, 3.8) is 0 Å². The molecule has 1 unspecified atom stereocenters. The fourth-order valence-electron chi connectivity index (χ4n) is 2.20. The molecule has 5 heteroatoms. The van der Waals surface area contributed by atoms with Gasteiger partial charge in [0.2, 0.25) is 0 Å². The van der Waals surface area contributed by atoms with Gasteiger partial charge in [0.25, 0.3) is 0 Å². The van der Waals surface area contributed by atoms with Crippen LogP contribution in [0, 0.1) is 5.82 Å². The van der Waals surface area contributed by atoms with Gasteiger partial charge in [-0.05, 0) is 36.9 Å². The molecular formula is C15H17BrFN3. The Labute approximate surface area is 126 Å². The van der Waals surface area contributed by atoms with Gasteiger partial charge in [-0.15, -0.1) is 0 Å². The Balaban J connectivity index is 2.19. The summed E-state index contributed by atoms with van der Waals surface area (Å²) in [6, 6.07) is 8.82. The molecule has 0 aliphatic rings. The van der Waals surface area contributed by atoms with E-state index in [1.165, 1.54) is 6.07 Å². The number of benzene rings is 1. The molecule has 2 aromatic rings. The van der Waals surface area contributed by atoms with Crippen molar-refractivity contribution >= 4 is 15.9 Å². The zero-order valence-corrected chi connectivity index (χ0v) is 12.8. The average molecular weight is 338 g/mol. The van der Waals surface area contributed by atoms with Crippen molar-refractivity contribution < 1.29 is 4.39 Å². The quantitative estimate of drug-likeness (QED) is 0.911. The monoisotopic (exact) mass is 337 g/mol. The standard InChI is InChI=1S/C15H17BrFN3/c1-20(10-11-4-6-19-7-5-11)15(9-18)13-3-2-12(16)8-14(13)17/h2-8,15H,9-10,18H2,1H3. The van der Waals surface area contributed by atoms with E-state index in [-0.39, 0.29) is 11.9 Å². The first-order valence-electron chi connectivity index (χ1n) is 6.36. The largest absolute Gasteiger partial charge is 0.329 e. The summed E-state index contributed by atoms with van der Waals surface area (Å²) >= 11 is 3.27. The van der Waals surface area contributed by atoms with Crippen LogP contribution < -0.4 is 5.73 Å². The molecular weight excluding hydrogens is 321 g/mol. The molecule has 1 aromatic carbocycles. The summed E-state index contributed by atoms with van der Waals surface area (Å²) in [4.78, 5) is 6.03. The van der Waals surface area contributed by atoms with E-state index in [1.807, 2.05) is 30.1 Å². The van der Waals surface area contributed by atoms with Gasteiger partial charge in [0.1, 0.15) is 5.82 Å². The highest BCUT2D eigenvalue weighted by Gasteiger charge is 2.19. The second kappa shape index (κ2) is 6.92. The number of nitrogens with two attached hydrogens (primary N) is 1. The van der Waals surface area contributed by atoms with Gasteiger partial charge >= 0.3 is 0 Å². The van der Waals surface area contributed by atoms with Crippen molar-refractivity contribution in [3.8, 4) is 0 Å². The lowest BCUT2D eigenvalue weighted by molar-refractivity contribution is 0.236. The van der Waals surface area contributed by atoms with Crippen LogP contribution in [0.25, 0.3) is 0 Å². The second-order valence-electron chi connectivity index (χ2n) is 4.69. The minimum atomic E-state index is -0.239. The molecule has 0 aliphatic heterocycles. The van der Waals surface area contributed by atoms with Gasteiger partial charge in [-0.3, -0.25) is 9.88 Å². The Morgan fingerprint density at radius 2 is 2.00 bits per heavy atom. The fraction of sp³-hybridized carbons (Fsp3) is 0.267. The third kappa shape index (κ3) is 3.62. The summed E-state index contributed by atoms with van der Waals surface area (Å²) in [5.74, 6) is -0.239. The van der Waals surface area contributed by atoms with Crippen LogP contribution in [0.4, 0.5) is 4.39 Å². The molecule has 1 atom stereocenters. The maximum Gasteiger partial charge on any atom is 0.129 e. The zero-order chi connectivity index (χ0) is 14.5. The second-order valence-corrected chi connectivity index (χ2v) is 5.60. The lowest BCUT2D eigenvalue weighted by atomic mass is 10.0. The van der Waals surface area contributed by atoms with E-state index in [2.05, 4.69) is 20.9 Å². The molecule has 1 heterocycles. The molecule has 0 spiro atoms. The minimum Gasteiger partial charge on any atom is -0.329 e. The van der Waals surface area contributed by atoms with Gasteiger partial charge in [-0.2, -0.15) is 0 Å². The van der Waals surface area contributed by atoms with Crippen LogP contribution in [0.15, 0.2) is 47.2 Å². The van der Waals surface area contributed by atoms with Crippen molar-refractivity contribution in [2.75, 3.05) is 13.6 Å². The Hall–Kier alpha value is -1.30. The third-order valence-electron chi connectivity index (χ3n) is 3.26. The molecule has 0 radical (unpaired) electrons. The molecule has 0 saturated carbocycles. The molecule has 0 fully saturated rings. The van der Waals surface area contributed by atoms with Crippen molar-refractivity contribution in [3.05, 3.63) is 64.1 Å². The van der Waals surface area contributed by atoms with Gasteiger partial charge in [0.05, 0.1) is 0 Å². The molecule has 0 saturated heterocycles. The molecule has 0 amide bonds. The first-order chi connectivity index (χ1) is 9.61. The van der Waals surface area contributed by atoms with Crippen molar-refractivity contribution in [1.29, 1.82) is 0 Å². The topological polar surface area (TPSA) is 42.2 Å². The van der Waals surface area contributed by atoms with Crippen LogP contribution >= 0.6 is 15.9 Å². The van der Waals surface area contributed by atoms with E-state index in [1.54, 1.807) is 18.5 Å². The third-order valence-corrected chi connectivity index (χ3v) is 3.75. The van der Waals surface area contributed by atoms with Crippen molar-refractivity contribution in [2.24, 2.45) is 5.73 Å². The van der Waals surface area contributed by atoms with Gasteiger partial charge < -0.3 is 5.73 Å². The SMILES string of the molecule is CN(Cc1ccncc1)C(CN)c1ccc(Br)cc1F. The van der Waals surface area contributed by atoms with E-state index in [0.29, 0.717) is 18.7 Å². The van der Waals surface area contributed by atoms with Gasteiger partial charge in [-0.25, -0.2) is 4.39 Å². The van der Waals surface area contributed by atoms with Crippen LogP contribution in [0.3, 0.4) is 0 Å². The zero-order valence-electron chi connectivity index (χ0n) is 11.3. The van der Waals surface area contributed by atoms with E-state index in [4.69, 9.17) is 5.73 Å². The van der Waals surface area contributed by atoms with Crippen LogP contribution in [-0.4, -0.2) is 23.5 Å². The highest BCUT2D eigenvalue weighted by molar-refractivity contribution is 9.10. The molecule has 2 rings (SSSR count). The number of pyridine rings is 1. The highest BCUT2D eigenvalue weighted by Crippen LogP contribution is 2.25. The van der Waals surface area contributed by atoms with Crippen molar-refractivity contribution in [1.82, 2.24) is 9.88 Å². The lowest BCUT2D eigenvalue weighted by Crippen LogP contribution is -2.30. The fourth-order valence-corrected chi connectivity index (χ4v) is 2.54. The predicted molar refractivity (Wildman–Crippen MR) is 81.6 cm³/mol. The van der Waals surface area contributed by atoms with Crippen LogP contribution in [-0.2, 0) is 6.54 Å². The molecule has 0 aliphatic carbocycles. The molecule has 1 aromatic heterocycles. The minimum absolute atomic E-state index is 0.156. The van der Waals surface area contributed by atoms with Gasteiger partial charge in [-0.1, -0.05) is 22.0 Å². The van der Waals surface area contributed by atoms with E-state index in [9.17, 15) is 4.39 Å². The van der Waals surface area contributed by atoms with E-state index in [0.717, 1.165) is 10.0 Å². The number of rotatable bonds is 5. The number of likely N-dealkylation sites (N-methyl/N-ethyl adjacent to an activating group) is 1. The Morgan fingerprint density at radius 3 is 2.60 bits per heavy atom. The number of hydrogen-bond acceptors (Lipinski definition) is 3. The highest BCUT2D eigenvalue weighted by atomic mass is 79.9. The maximum absolute atomic E-state index is 14.1. The summed E-state index contributed by atoms with van der Waals surface area (Å²) in [5, 5.41) is 0. The van der Waals surface area contributed by atoms with E-state index < -0.39 is 0 Å².